The molecule has 4 aliphatic rings. The van der Waals surface area contributed by atoms with Crippen LogP contribution in [-0.2, 0) is 29.3 Å². The van der Waals surface area contributed by atoms with Crippen molar-refractivity contribution in [2.75, 3.05) is 57.6 Å². The molecule has 3 aromatic carbocycles. The third-order valence-corrected chi connectivity index (χ3v) is 14.5. The summed E-state index contributed by atoms with van der Waals surface area (Å²) in [5.41, 5.74) is -1.23. The van der Waals surface area contributed by atoms with E-state index in [1.54, 1.807) is 17.9 Å². The van der Waals surface area contributed by atoms with Gasteiger partial charge in [-0.25, -0.2) is 22.5 Å². The van der Waals surface area contributed by atoms with E-state index in [1.807, 2.05) is 0 Å². The van der Waals surface area contributed by atoms with Gasteiger partial charge in [0.05, 0.1) is 66.1 Å². The Labute approximate surface area is 371 Å². The number of halogens is 4. The minimum absolute atomic E-state index is 0.00766. The zero-order valence-electron chi connectivity index (χ0n) is 35.5. The molecule has 3 amide bonds. The molecule has 1 aromatic heterocycles. The Morgan fingerprint density at radius 3 is 2.52 bits per heavy atom. The molecule has 8 rings (SSSR count). The van der Waals surface area contributed by atoms with Crippen LogP contribution >= 0.6 is 0 Å². The number of anilines is 1. The Morgan fingerprint density at radius 2 is 1.83 bits per heavy atom. The highest BCUT2D eigenvalue weighted by Gasteiger charge is 2.48. The fourth-order valence-electron chi connectivity index (χ4n) is 9.18. The molecule has 2 N–H and O–H groups in total. The predicted octanol–water partition coefficient (Wildman–Crippen LogP) is 4.91. The number of ether oxygens (including phenoxy) is 2. The molecule has 4 aliphatic heterocycles. The summed E-state index contributed by atoms with van der Waals surface area (Å²) in [4.78, 5) is 58.6. The maximum absolute atomic E-state index is 15.6. The lowest BCUT2D eigenvalue weighted by atomic mass is 9.83. The van der Waals surface area contributed by atoms with Gasteiger partial charge in [0.1, 0.15) is 23.2 Å². The van der Waals surface area contributed by atoms with E-state index >= 15 is 17.6 Å². The number of piperidine rings is 3. The number of carbonyl (C=O) groups is 3. The van der Waals surface area contributed by atoms with E-state index < -0.39 is 86.5 Å². The maximum atomic E-state index is 15.6. The summed E-state index contributed by atoms with van der Waals surface area (Å²) in [7, 11) is -2.72. The van der Waals surface area contributed by atoms with Crippen LogP contribution in [0.2, 0.25) is 0 Å². The summed E-state index contributed by atoms with van der Waals surface area (Å²) < 4.78 is 104. The smallest absolute Gasteiger partial charge is 0.301 e. The Balaban J connectivity index is 0.878. The predicted molar refractivity (Wildman–Crippen MR) is 226 cm³/mol. The number of benzene rings is 3. The van der Waals surface area contributed by atoms with Gasteiger partial charge in [-0.2, -0.15) is 18.0 Å². The maximum Gasteiger partial charge on any atom is 0.301 e. The van der Waals surface area contributed by atoms with Crippen molar-refractivity contribution in [1.29, 1.82) is 5.26 Å². The molecule has 4 saturated heterocycles. The fraction of sp³-hybridized carbons (Fsp3) is 0.455. The lowest BCUT2D eigenvalue weighted by Gasteiger charge is -2.41. The molecule has 344 valence electrons. The van der Waals surface area contributed by atoms with Crippen LogP contribution < -0.4 is 20.3 Å². The number of imide groups is 1. The van der Waals surface area contributed by atoms with Crippen LogP contribution in [0, 0.1) is 23.0 Å². The summed E-state index contributed by atoms with van der Waals surface area (Å²) >= 11 is 0. The van der Waals surface area contributed by atoms with Crippen molar-refractivity contribution in [3.8, 4) is 17.6 Å². The van der Waals surface area contributed by atoms with E-state index in [-0.39, 0.29) is 73.8 Å². The Hall–Kier alpha value is -5.95. The number of nitriles is 1. The van der Waals surface area contributed by atoms with Crippen LogP contribution in [0.5, 0.6) is 11.5 Å². The van der Waals surface area contributed by atoms with Crippen molar-refractivity contribution in [2.24, 2.45) is 0 Å². The van der Waals surface area contributed by atoms with Crippen LogP contribution in [0.3, 0.4) is 0 Å². The molecule has 3 atom stereocenters. The van der Waals surface area contributed by atoms with Crippen LogP contribution in [-0.4, -0.2) is 114 Å². The summed E-state index contributed by atoms with van der Waals surface area (Å²) in [5, 5.41) is 12.3. The highest BCUT2D eigenvalue weighted by atomic mass is 32.2. The van der Waals surface area contributed by atoms with Crippen LogP contribution in [0.4, 0.5) is 23.2 Å². The van der Waals surface area contributed by atoms with Gasteiger partial charge in [0.15, 0.2) is 11.6 Å². The van der Waals surface area contributed by atoms with Gasteiger partial charge in [0.25, 0.3) is 11.5 Å². The first-order valence-corrected chi connectivity index (χ1v) is 22.7. The van der Waals surface area contributed by atoms with E-state index in [0.29, 0.717) is 43.4 Å². The lowest BCUT2D eigenvalue weighted by molar-refractivity contribution is -0.141. The average molecular weight is 923 g/mol. The molecule has 0 radical (unpaired) electrons. The molecule has 2 unspecified atom stereocenters. The molecule has 0 aliphatic carbocycles. The van der Waals surface area contributed by atoms with Crippen molar-refractivity contribution in [3.05, 3.63) is 93.5 Å². The molecule has 0 bridgehead atoms. The average Bonchev–Trinajstić information content (AvgIpc) is 3.67. The highest BCUT2D eigenvalue weighted by Crippen LogP contribution is 2.43. The largest absolute Gasteiger partial charge is 0.453 e. The van der Waals surface area contributed by atoms with Gasteiger partial charge in [-0.15, -0.1) is 0 Å². The van der Waals surface area contributed by atoms with Crippen LogP contribution in [0.25, 0.3) is 10.9 Å². The first-order chi connectivity index (χ1) is 30.9. The SMILES string of the molecule is CCN(C)S(=O)(=O)Nc1ccc(F)c(Oc2ccc3ncn([C@H]4COC5(CCN(C(=O)CN6CCC(c7ccc(C8CCC(=O)NC8=O)cc7F)C(F)(F)C6)CC5)C4)c(=O)c3c2)c1C#N. The van der Waals surface area contributed by atoms with Gasteiger partial charge in [0.2, 0.25) is 17.7 Å². The van der Waals surface area contributed by atoms with Gasteiger partial charge in [-0.3, -0.25) is 38.7 Å². The van der Waals surface area contributed by atoms with Crippen LogP contribution in [0.15, 0.2) is 59.7 Å². The van der Waals surface area contributed by atoms with E-state index in [4.69, 9.17) is 9.47 Å². The molecule has 4 aromatic rings. The number of nitrogens with one attached hydrogen (secondary N) is 2. The zero-order valence-corrected chi connectivity index (χ0v) is 36.3. The number of fused-ring (bicyclic) bond motifs is 1. The standard InChI is InChI=1S/C44H46F4N8O8S/c1-3-53(2)65(61,62)52-37-10-8-34(45)40(32(37)21-49)64-28-5-9-36-31(19-28)42(60)56(25-50-36)27-20-43(63-23-27)13-16-55(17-14-43)39(58)22-54-15-12-33(44(47,48)24-54)30-6-4-26(18-35(30)46)29-7-11-38(57)51-41(29)59/h4-6,8-10,18-19,25,27,29,33,52H,3,7,11-17,20,22-24H2,1-2H3,(H,51,57,59)/t27-,29?,33?/m1/s1. The third kappa shape index (κ3) is 9.17. The number of carbonyl (C=O) groups excluding carboxylic acids is 3. The molecule has 5 heterocycles. The van der Waals surface area contributed by atoms with Crippen molar-refractivity contribution in [3.63, 3.8) is 0 Å². The van der Waals surface area contributed by atoms with Crippen molar-refractivity contribution in [2.45, 2.75) is 74.8 Å². The third-order valence-electron chi connectivity index (χ3n) is 13.0. The van der Waals surface area contributed by atoms with E-state index in [1.165, 1.54) is 53.2 Å². The van der Waals surface area contributed by atoms with Crippen LogP contribution in [0.1, 0.15) is 80.0 Å². The molecular formula is C44H46F4N8O8S. The second kappa shape index (κ2) is 17.8. The normalized spacial score (nSPS) is 22.2. The van der Waals surface area contributed by atoms with Gasteiger partial charge in [-0.05, 0) is 86.2 Å². The Bertz CT molecular complexity index is 2780. The van der Waals surface area contributed by atoms with E-state index in [2.05, 4.69) is 15.0 Å². The number of nitrogens with zero attached hydrogens (tertiary/aromatic N) is 6. The first-order valence-electron chi connectivity index (χ1n) is 21.2. The summed E-state index contributed by atoms with van der Waals surface area (Å²) in [6, 6.07) is 11.6. The zero-order chi connectivity index (χ0) is 46.4. The van der Waals surface area contributed by atoms with Gasteiger partial charge in [0, 0.05) is 33.1 Å². The molecule has 4 fully saturated rings. The van der Waals surface area contributed by atoms with Gasteiger partial charge < -0.3 is 14.4 Å². The van der Waals surface area contributed by atoms with Crippen molar-refractivity contribution >= 4 is 44.5 Å². The number of amides is 3. The Morgan fingerprint density at radius 1 is 1.06 bits per heavy atom. The molecule has 1 spiro atoms. The molecule has 16 nitrogen and oxygen atoms in total. The molecular weight excluding hydrogens is 877 g/mol. The second-order valence-electron chi connectivity index (χ2n) is 17.0. The quantitative estimate of drug-likeness (QED) is 0.153. The first kappa shape index (κ1) is 45.6. The topological polar surface area (TPSA) is 196 Å². The minimum atomic E-state index is -4.06. The lowest BCUT2D eigenvalue weighted by Crippen LogP contribution is -2.53. The van der Waals surface area contributed by atoms with Gasteiger partial charge >= 0.3 is 10.2 Å². The fourth-order valence-corrected chi connectivity index (χ4v) is 10.1. The van der Waals surface area contributed by atoms with Gasteiger partial charge in [-0.1, -0.05) is 19.1 Å². The molecule has 0 saturated carbocycles. The summed E-state index contributed by atoms with van der Waals surface area (Å²) in [6.07, 6.45) is 2.92. The molecule has 21 heteroatoms. The number of rotatable bonds is 11. The molecule has 65 heavy (non-hydrogen) atoms. The Kier molecular flexibility index (Phi) is 12.5. The number of hydrogen-bond acceptors (Lipinski definition) is 11. The highest BCUT2D eigenvalue weighted by molar-refractivity contribution is 7.90. The summed E-state index contributed by atoms with van der Waals surface area (Å²) in [5.74, 6) is -9.15. The second-order valence-corrected chi connectivity index (χ2v) is 18.8. The van der Waals surface area contributed by atoms with Crippen molar-refractivity contribution in [1.82, 2.24) is 29.0 Å². The summed E-state index contributed by atoms with van der Waals surface area (Å²) in [6.45, 7) is 1.68. The number of likely N-dealkylation sites (tertiary alicyclic amines) is 2. The monoisotopic (exact) mass is 922 g/mol. The van der Waals surface area contributed by atoms with E-state index in [9.17, 15) is 32.9 Å². The van der Waals surface area contributed by atoms with Crippen molar-refractivity contribution < 1.29 is 49.8 Å². The number of alkyl halides is 2. The van der Waals surface area contributed by atoms with E-state index in [0.717, 1.165) is 22.5 Å². The minimum Gasteiger partial charge on any atom is -0.453 e. The number of aromatic nitrogens is 2. The number of hydrogen-bond donors (Lipinski definition) is 2.